The molecule has 0 radical (unpaired) electrons. The normalized spacial score (nSPS) is 12.0. The third-order valence-electron chi connectivity index (χ3n) is 4.40. The molecular formula is C20H24N2O2S2. The van der Waals surface area contributed by atoms with Crippen molar-refractivity contribution in [1.29, 1.82) is 0 Å². The molecule has 2 heterocycles. The summed E-state index contributed by atoms with van der Waals surface area (Å²) in [5, 5.41) is 1.97. The number of thiophene rings is 1. The maximum Gasteiger partial charge on any atom is 0.243 e. The molecule has 4 nitrogen and oxygen atoms in total. The van der Waals surface area contributed by atoms with Gasteiger partial charge in [-0.1, -0.05) is 31.5 Å². The summed E-state index contributed by atoms with van der Waals surface area (Å²) in [5.41, 5.74) is 2.13. The van der Waals surface area contributed by atoms with Crippen LogP contribution in [0.4, 0.5) is 0 Å². The number of aromatic nitrogens is 1. The van der Waals surface area contributed by atoms with Gasteiger partial charge in [-0.2, -0.15) is 4.31 Å². The van der Waals surface area contributed by atoms with Crippen LogP contribution < -0.4 is 0 Å². The number of aryl methyl sites for hydroxylation is 2. The largest absolute Gasteiger partial charge is 0.353 e. The van der Waals surface area contributed by atoms with E-state index in [0.717, 1.165) is 23.4 Å². The fourth-order valence-electron chi connectivity index (χ4n) is 2.91. The van der Waals surface area contributed by atoms with Crippen molar-refractivity contribution < 1.29 is 8.42 Å². The van der Waals surface area contributed by atoms with Gasteiger partial charge in [0.15, 0.2) is 0 Å². The van der Waals surface area contributed by atoms with E-state index in [1.807, 2.05) is 59.6 Å². The first-order chi connectivity index (χ1) is 12.5. The van der Waals surface area contributed by atoms with E-state index in [2.05, 4.69) is 6.92 Å². The maximum absolute atomic E-state index is 13.3. The summed E-state index contributed by atoms with van der Waals surface area (Å²) < 4.78 is 30.1. The van der Waals surface area contributed by atoms with Crippen molar-refractivity contribution in [2.45, 2.75) is 37.8 Å². The molecule has 0 aliphatic heterocycles. The minimum atomic E-state index is -3.58. The van der Waals surface area contributed by atoms with E-state index in [9.17, 15) is 8.42 Å². The lowest BCUT2D eigenvalue weighted by atomic mass is 10.1. The molecule has 26 heavy (non-hydrogen) atoms. The van der Waals surface area contributed by atoms with Gasteiger partial charge in [0, 0.05) is 30.4 Å². The Bertz CT molecular complexity index is 927. The number of sulfonamides is 1. The zero-order valence-corrected chi connectivity index (χ0v) is 16.8. The molecule has 3 aromatic rings. The van der Waals surface area contributed by atoms with E-state index in [0.29, 0.717) is 18.0 Å². The number of hydrogen-bond donors (Lipinski definition) is 0. The highest BCUT2D eigenvalue weighted by Gasteiger charge is 2.26. The first kappa shape index (κ1) is 18.9. The molecule has 0 unspecified atom stereocenters. The van der Waals surface area contributed by atoms with Crippen molar-refractivity contribution in [1.82, 2.24) is 8.87 Å². The second-order valence-electron chi connectivity index (χ2n) is 6.36. The van der Waals surface area contributed by atoms with Crippen LogP contribution in [0.25, 0.3) is 0 Å². The molecule has 0 aliphatic carbocycles. The van der Waals surface area contributed by atoms with Gasteiger partial charge in [-0.15, -0.1) is 11.3 Å². The molecule has 0 fully saturated rings. The second-order valence-corrected chi connectivity index (χ2v) is 9.33. The van der Waals surface area contributed by atoms with Gasteiger partial charge < -0.3 is 4.57 Å². The van der Waals surface area contributed by atoms with E-state index >= 15 is 0 Å². The van der Waals surface area contributed by atoms with E-state index < -0.39 is 10.0 Å². The molecule has 0 spiro atoms. The quantitative estimate of drug-likeness (QED) is 0.573. The predicted octanol–water partition coefficient (Wildman–Crippen LogP) is 4.43. The van der Waals surface area contributed by atoms with Crippen molar-refractivity contribution >= 4 is 21.4 Å². The van der Waals surface area contributed by atoms with Crippen LogP contribution in [-0.2, 0) is 36.6 Å². The van der Waals surface area contributed by atoms with Crippen LogP contribution in [-0.4, -0.2) is 17.3 Å². The van der Waals surface area contributed by atoms with Crippen LogP contribution >= 0.6 is 11.3 Å². The molecule has 0 aliphatic rings. The zero-order valence-electron chi connectivity index (χ0n) is 15.1. The molecule has 138 valence electrons. The summed E-state index contributed by atoms with van der Waals surface area (Å²) in [6.45, 7) is 2.84. The van der Waals surface area contributed by atoms with Crippen molar-refractivity contribution in [3.05, 3.63) is 76.2 Å². The molecule has 3 rings (SSSR count). The Labute approximate surface area is 159 Å². The van der Waals surface area contributed by atoms with E-state index in [-0.39, 0.29) is 0 Å². The zero-order chi connectivity index (χ0) is 18.6. The second kappa shape index (κ2) is 8.20. The summed E-state index contributed by atoms with van der Waals surface area (Å²) in [4.78, 5) is 1.38. The van der Waals surface area contributed by atoms with Crippen LogP contribution in [0.1, 0.15) is 29.5 Å². The molecule has 0 saturated carbocycles. The van der Waals surface area contributed by atoms with E-state index in [1.54, 1.807) is 27.8 Å². The van der Waals surface area contributed by atoms with Gasteiger partial charge in [0.1, 0.15) is 0 Å². The number of benzene rings is 1. The van der Waals surface area contributed by atoms with Crippen molar-refractivity contribution in [2.75, 3.05) is 0 Å². The highest BCUT2D eigenvalue weighted by Crippen LogP contribution is 2.23. The topological polar surface area (TPSA) is 42.3 Å². The van der Waals surface area contributed by atoms with E-state index in [1.165, 1.54) is 5.56 Å². The number of hydrogen-bond acceptors (Lipinski definition) is 3. The fraction of sp³-hybridized carbons (Fsp3) is 0.300. The maximum atomic E-state index is 13.3. The monoisotopic (exact) mass is 388 g/mol. The third-order valence-corrected chi connectivity index (χ3v) is 7.07. The summed E-state index contributed by atoms with van der Waals surface area (Å²) in [5.74, 6) is 0. The van der Waals surface area contributed by atoms with Crippen molar-refractivity contribution in [3.8, 4) is 0 Å². The molecule has 0 saturated heterocycles. The number of rotatable bonds is 8. The molecule has 0 atom stereocenters. The predicted molar refractivity (Wildman–Crippen MR) is 107 cm³/mol. The molecule has 0 amide bonds. The van der Waals surface area contributed by atoms with Crippen LogP contribution in [0, 0.1) is 0 Å². The average molecular weight is 389 g/mol. The Hall–Kier alpha value is -1.89. The molecule has 1 aromatic carbocycles. The minimum absolute atomic E-state index is 0.348. The highest BCUT2D eigenvalue weighted by molar-refractivity contribution is 7.89. The highest BCUT2D eigenvalue weighted by atomic mass is 32.2. The van der Waals surface area contributed by atoms with Gasteiger partial charge in [-0.3, -0.25) is 0 Å². The van der Waals surface area contributed by atoms with Crippen LogP contribution in [0.2, 0.25) is 0 Å². The van der Waals surface area contributed by atoms with E-state index in [4.69, 9.17) is 0 Å². The summed E-state index contributed by atoms with van der Waals surface area (Å²) >= 11 is 1.58. The van der Waals surface area contributed by atoms with Crippen LogP contribution in [0.5, 0.6) is 0 Å². The minimum Gasteiger partial charge on any atom is -0.353 e. The lowest BCUT2D eigenvalue weighted by molar-refractivity contribution is 0.395. The first-order valence-electron chi connectivity index (χ1n) is 8.72. The van der Waals surface area contributed by atoms with Crippen molar-refractivity contribution in [3.63, 3.8) is 0 Å². The van der Waals surface area contributed by atoms with Gasteiger partial charge in [-0.25, -0.2) is 8.42 Å². The molecule has 2 aromatic heterocycles. The molecular weight excluding hydrogens is 364 g/mol. The average Bonchev–Trinajstić information content (AvgIpc) is 3.27. The third kappa shape index (κ3) is 4.26. The lowest BCUT2D eigenvalue weighted by Crippen LogP contribution is -2.30. The first-order valence-corrected chi connectivity index (χ1v) is 11.0. The van der Waals surface area contributed by atoms with Gasteiger partial charge in [0.05, 0.1) is 11.4 Å². The van der Waals surface area contributed by atoms with Gasteiger partial charge in [-0.05, 0) is 47.7 Å². The number of nitrogens with zero attached hydrogens (tertiary/aromatic N) is 2. The smallest absolute Gasteiger partial charge is 0.243 e. The molecule has 0 N–H and O–H groups in total. The van der Waals surface area contributed by atoms with Crippen molar-refractivity contribution in [2.24, 2.45) is 7.05 Å². The Morgan fingerprint density at radius 3 is 2.38 bits per heavy atom. The standard InChI is InChI=1S/C20H24N2O2S2/c1-3-6-17-9-11-20(12-10-17)26(23,24)22(16-19-8-5-14-25-19)15-18-7-4-13-21(18)2/h4-5,7-14H,3,6,15-16H2,1-2H3. The summed E-state index contributed by atoms with van der Waals surface area (Å²) in [6, 6.07) is 15.1. The fourth-order valence-corrected chi connectivity index (χ4v) is 5.10. The van der Waals surface area contributed by atoms with Gasteiger partial charge in [0.2, 0.25) is 10.0 Å². The lowest BCUT2D eigenvalue weighted by Gasteiger charge is -2.22. The SMILES string of the molecule is CCCc1ccc(S(=O)(=O)N(Cc2cccs2)Cc2cccn2C)cc1. The Morgan fingerprint density at radius 1 is 1.04 bits per heavy atom. The summed E-state index contributed by atoms with van der Waals surface area (Å²) in [7, 11) is -1.64. The van der Waals surface area contributed by atoms with Crippen LogP contribution in [0.15, 0.2) is 65.0 Å². The Morgan fingerprint density at radius 2 is 1.81 bits per heavy atom. The van der Waals surface area contributed by atoms with Crippen LogP contribution in [0.3, 0.4) is 0 Å². The summed E-state index contributed by atoms with van der Waals surface area (Å²) in [6.07, 6.45) is 3.94. The van der Waals surface area contributed by atoms with Gasteiger partial charge >= 0.3 is 0 Å². The Kier molecular flexibility index (Phi) is 5.96. The van der Waals surface area contributed by atoms with Gasteiger partial charge in [0.25, 0.3) is 0 Å². The molecule has 0 bridgehead atoms. The molecule has 6 heteroatoms. The Balaban J connectivity index is 1.91.